The molecule has 5 nitrogen and oxygen atoms in total. The first kappa shape index (κ1) is 16.5. The zero-order valence-corrected chi connectivity index (χ0v) is 13.0. The normalized spacial score (nSPS) is 11.9. The van der Waals surface area contributed by atoms with Gasteiger partial charge in [0, 0.05) is 19.3 Å². The lowest BCUT2D eigenvalue weighted by Gasteiger charge is -2.22. The van der Waals surface area contributed by atoms with Crippen LogP contribution in [0, 0.1) is 11.3 Å². The Morgan fingerprint density at radius 3 is 2.55 bits per heavy atom. The molecule has 0 fully saturated rings. The monoisotopic (exact) mass is 296 g/mol. The van der Waals surface area contributed by atoms with Crippen molar-refractivity contribution in [3.63, 3.8) is 0 Å². The van der Waals surface area contributed by atoms with Crippen LogP contribution in [0.1, 0.15) is 25.0 Å². The molecule has 0 atom stereocenters. The van der Waals surface area contributed by atoms with Crippen molar-refractivity contribution in [2.75, 3.05) is 19.9 Å². The molecule has 0 radical (unpaired) electrons. The summed E-state index contributed by atoms with van der Waals surface area (Å²) in [5, 5.41) is 12.0. The van der Waals surface area contributed by atoms with Crippen molar-refractivity contribution in [3.8, 4) is 11.8 Å². The fourth-order valence-corrected chi connectivity index (χ4v) is 1.94. The van der Waals surface area contributed by atoms with Gasteiger partial charge < -0.3 is 10.1 Å². The molecular formula is C14H20N2O3S. The predicted octanol–water partition coefficient (Wildman–Crippen LogP) is 1.48. The van der Waals surface area contributed by atoms with Gasteiger partial charge in [0.25, 0.3) is 0 Å². The summed E-state index contributed by atoms with van der Waals surface area (Å²) >= 11 is 0. The summed E-state index contributed by atoms with van der Waals surface area (Å²) in [5.41, 5.74) is 1.41. The molecule has 0 bridgehead atoms. The number of hydrogen-bond donors (Lipinski definition) is 1. The highest BCUT2D eigenvalue weighted by Crippen LogP contribution is 2.19. The van der Waals surface area contributed by atoms with Crippen LogP contribution in [0.15, 0.2) is 18.2 Å². The van der Waals surface area contributed by atoms with Crippen LogP contribution in [-0.4, -0.2) is 33.1 Å². The topological polar surface area (TPSA) is 79.2 Å². The number of nitriles is 1. The van der Waals surface area contributed by atoms with Crippen molar-refractivity contribution < 1.29 is 13.2 Å². The summed E-state index contributed by atoms with van der Waals surface area (Å²) in [4.78, 5) is 0. The van der Waals surface area contributed by atoms with Crippen molar-refractivity contribution in [1.29, 1.82) is 5.26 Å². The number of rotatable bonds is 6. The van der Waals surface area contributed by atoms with Crippen molar-refractivity contribution in [3.05, 3.63) is 29.3 Å². The molecule has 110 valence electrons. The zero-order valence-electron chi connectivity index (χ0n) is 12.2. The van der Waals surface area contributed by atoms with E-state index in [-0.39, 0.29) is 0 Å². The molecule has 20 heavy (non-hydrogen) atoms. The van der Waals surface area contributed by atoms with Crippen molar-refractivity contribution in [2.24, 2.45) is 0 Å². The summed E-state index contributed by atoms with van der Waals surface area (Å²) in [6, 6.07) is 7.34. The van der Waals surface area contributed by atoms with E-state index in [4.69, 9.17) is 10.00 Å². The van der Waals surface area contributed by atoms with Crippen LogP contribution in [0.5, 0.6) is 5.75 Å². The molecule has 6 heteroatoms. The molecule has 0 heterocycles. The summed E-state index contributed by atoms with van der Waals surface area (Å²) in [6.07, 6.45) is 1.24. The van der Waals surface area contributed by atoms with E-state index in [1.807, 2.05) is 12.1 Å². The minimum atomic E-state index is -3.11. The Labute approximate surface area is 120 Å². The molecule has 0 aliphatic rings. The number of sulfone groups is 1. The predicted molar refractivity (Wildman–Crippen MR) is 78.3 cm³/mol. The zero-order chi connectivity index (χ0) is 15.4. The second kappa shape index (κ2) is 6.25. The number of hydrogen-bond acceptors (Lipinski definition) is 5. The summed E-state index contributed by atoms with van der Waals surface area (Å²) in [6.45, 7) is 4.25. The molecule has 1 rings (SSSR count). The average Bonchev–Trinajstić information content (AvgIpc) is 2.37. The Balaban J connectivity index is 2.71. The Kier molecular flexibility index (Phi) is 5.15. The molecule has 1 N–H and O–H groups in total. The third-order valence-electron chi connectivity index (χ3n) is 3.27. The highest BCUT2D eigenvalue weighted by molar-refractivity contribution is 7.92. The molecule has 1 aromatic carbocycles. The lowest BCUT2D eigenvalue weighted by molar-refractivity contribution is 0.412. The first-order valence-corrected chi connectivity index (χ1v) is 8.08. The number of benzene rings is 1. The molecule has 0 spiro atoms. The molecule has 0 saturated heterocycles. The number of ether oxygens (including phenoxy) is 1. The molecule has 0 unspecified atom stereocenters. The quantitative estimate of drug-likeness (QED) is 0.860. The van der Waals surface area contributed by atoms with E-state index in [0.717, 1.165) is 5.56 Å². The van der Waals surface area contributed by atoms with Gasteiger partial charge in [0.05, 0.1) is 17.4 Å². The van der Waals surface area contributed by atoms with Crippen LogP contribution in [0.4, 0.5) is 0 Å². The Hall–Kier alpha value is -1.58. The second-order valence-electron chi connectivity index (χ2n) is 5.28. The first-order valence-electron chi connectivity index (χ1n) is 6.18. The smallest absolute Gasteiger partial charge is 0.153 e. The highest BCUT2D eigenvalue weighted by atomic mass is 32.2. The van der Waals surface area contributed by atoms with E-state index in [1.165, 1.54) is 13.4 Å². The van der Waals surface area contributed by atoms with Gasteiger partial charge in [-0.25, -0.2) is 8.42 Å². The molecule has 0 aliphatic carbocycles. The van der Waals surface area contributed by atoms with Crippen LogP contribution in [-0.2, 0) is 16.4 Å². The second-order valence-corrected chi connectivity index (χ2v) is 7.93. The van der Waals surface area contributed by atoms with Gasteiger partial charge in [-0.05, 0) is 31.5 Å². The van der Waals surface area contributed by atoms with E-state index in [1.54, 1.807) is 26.0 Å². The maximum atomic E-state index is 11.6. The molecule has 0 aliphatic heterocycles. The fourth-order valence-electron chi connectivity index (χ4n) is 1.58. The molecule has 0 aromatic heterocycles. The van der Waals surface area contributed by atoms with Crippen LogP contribution < -0.4 is 10.1 Å². The summed E-state index contributed by atoms with van der Waals surface area (Å²) < 4.78 is 27.5. The molecule has 1 aromatic rings. The highest BCUT2D eigenvalue weighted by Gasteiger charge is 2.29. The third-order valence-corrected chi connectivity index (χ3v) is 5.42. The maximum Gasteiger partial charge on any atom is 0.153 e. The van der Waals surface area contributed by atoms with Crippen LogP contribution in [0.25, 0.3) is 0 Å². The van der Waals surface area contributed by atoms with Gasteiger partial charge in [0.15, 0.2) is 9.84 Å². The summed E-state index contributed by atoms with van der Waals surface area (Å²) in [7, 11) is -1.60. The Morgan fingerprint density at radius 1 is 1.40 bits per heavy atom. The number of nitrogens with one attached hydrogen (secondary N) is 1. The van der Waals surface area contributed by atoms with E-state index in [9.17, 15) is 8.42 Å². The maximum absolute atomic E-state index is 11.6. The van der Waals surface area contributed by atoms with Crippen LogP contribution >= 0.6 is 0 Å². The van der Waals surface area contributed by atoms with Crippen molar-refractivity contribution in [1.82, 2.24) is 5.32 Å². The minimum absolute atomic E-state index is 0.355. The average molecular weight is 296 g/mol. The largest absolute Gasteiger partial charge is 0.495 e. The van der Waals surface area contributed by atoms with Crippen LogP contribution in [0.2, 0.25) is 0 Å². The van der Waals surface area contributed by atoms with E-state index < -0.39 is 14.6 Å². The fraction of sp³-hybridized carbons (Fsp3) is 0.500. The van der Waals surface area contributed by atoms with Gasteiger partial charge in [-0.15, -0.1) is 0 Å². The van der Waals surface area contributed by atoms with Crippen molar-refractivity contribution >= 4 is 9.84 Å². The Morgan fingerprint density at radius 2 is 2.05 bits per heavy atom. The number of nitrogens with zero attached hydrogens (tertiary/aromatic N) is 1. The van der Waals surface area contributed by atoms with E-state index >= 15 is 0 Å². The van der Waals surface area contributed by atoms with Gasteiger partial charge >= 0.3 is 0 Å². The van der Waals surface area contributed by atoms with Crippen molar-refractivity contribution in [2.45, 2.75) is 25.1 Å². The van der Waals surface area contributed by atoms with Gasteiger partial charge in [-0.1, -0.05) is 6.07 Å². The third kappa shape index (κ3) is 3.95. The lowest BCUT2D eigenvalue weighted by atomic mass is 10.1. The molecular weight excluding hydrogens is 276 g/mol. The van der Waals surface area contributed by atoms with Gasteiger partial charge in [0.2, 0.25) is 0 Å². The first-order chi connectivity index (χ1) is 9.21. The molecule has 0 saturated carbocycles. The Bertz CT molecular complexity index is 616. The van der Waals surface area contributed by atoms with Crippen LogP contribution in [0.3, 0.4) is 0 Å². The SMILES string of the molecule is COc1cc(CNCC(C)(C)S(C)(=O)=O)ccc1C#N. The standard InChI is InChI=1S/C14H20N2O3S/c1-14(2,20(4,17)18)10-16-9-11-5-6-12(8-15)13(7-11)19-3/h5-7,16H,9-10H2,1-4H3. The lowest BCUT2D eigenvalue weighted by Crippen LogP contribution is -2.41. The molecule has 0 amide bonds. The summed E-state index contributed by atoms with van der Waals surface area (Å²) in [5.74, 6) is 0.522. The van der Waals surface area contributed by atoms with E-state index in [0.29, 0.717) is 24.4 Å². The van der Waals surface area contributed by atoms with Gasteiger partial charge in [-0.2, -0.15) is 5.26 Å². The number of methoxy groups -OCH3 is 1. The van der Waals surface area contributed by atoms with Gasteiger partial charge in [0.1, 0.15) is 11.8 Å². The van der Waals surface area contributed by atoms with Gasteiger partial charge in [-0.3, -0.25) is 0 Å². The minimum Gasteiger partial charge on any atom is -0.495 e. The van der Waals surface area contributed by atoms with E-state index in [2.05, 4.69) is 5.32 Å².